The van der Waals surface area contributed by atoms with Crippen LogP contribution in [0.25, 0.3) is 0 Å². The molecule has 0 heterocycles. The van der Waals surface area contributed by atoms with E-state index in [0.717, 1.165) is 11.1 Å². The van der Waals surface area contributed by atoms with Crippen LogP contribution in [0.15, 0.2) is 36.4 Å². The Hall–Kier alpha value is -1.42. The fourth-order valence-electron chi connectivity index (χ4n) is 1.75. The highest BCUT2D eigenvalue weighted by molar-refractivity contribution is 9.08. The highest BCUT2D eigenvalue weighted by Gasteiger charge is 2.12. The molecule has 1 nitrogen and oxygen atoms in total. The van der Waals surface area contributed by atoms with Crippen molar-refractivity contribution in [1.82, 2.24) is 0 Å². The number of benzene rings is 2. The number of hydrogen-bond acceptors (Lipinski definition) is 1. The van der Waals surface area contributed by atoms with Crippen LogP contribution in [-0.2, 0) is 11.9 Å². The van der Waals surface area contributed by atoms with E-state index in [1.807, 2.05) is 31.2 Å². The molecule has 0 radical (unpaired) electrons. The molecular formula is C15H13BrF2O. The summed E-state index contributed by atoms with van der Waals surface area (Å²) in [6, 6.07) is 10.1. The predicted octanol–water partition coefficient (Wildman–Crippen LogP) is 4.75. The molecule has 0 spiro atoms. The van der Waals surface area contributed by atoms with Crippen LogP contribution in [0.1, 0.15) is 16.7 Å². The van der Waals surface area contributed by atoms with Crippen molar-refractivity contribution in [3.05, 3.63) is 64.7 Å². The van der Waals surface area contributed by atoms with Crippen molar-refractivity contribution in [2.45, 2.75) is 18.9 Å². The lowest BCUT2D eigenvalue weighted by atomic mass is 10.1. The van der Waals surface area contributed by atoms with Crippen LogP contribution >= 0.6 is 15.9 Å². The third kappa shape index (κ3) is 3.32. The van der Waals surface area contributed by atoms with Gasteiger partial charge in [-0.2, -0.15) is 0 Å². The summed E-state index contributed by atoms with van der Waals surface area (Å²) in [6.45, 7) is 2.08. The lowest BCUT2D eigenvalue weighted by Gasteiger charge is -2.11. The quantitative estimate of drug-likeness (QED) is 0.737. The Morgan fingerprint density at radius 2 is 1.74 bits per heavy atom. The van der Waals surface area contributed by atoms with Crippen LogP contribution < -0.4 is 4.74 Å². The zero-order valence-electron chi connectivity index (χ0n) is 10.4. The molecule has 2 aromatic carbocycles. The van der Waals surface area contributed by atoms with Gasteiger partial charge in [0.1, 0.15) is 6.61 Å². The van der Waals surface area contributed by atoms with Crippen LogP contribution in [-0.4, -0.2) is 0 Å². The van der Waals surface area contributed by atoms with Crippen molar-refractivity contribution >= 4 is 15.9 Å². The first-order chi connectivity index (χ1) is 9.11. The fraction of sp³-hybridized carbons (Fsp3) is 0.200. The lowest BCUT2D eigenvalue weighted by Crippen LogP contribution is -2.02. The largest absolute Gasteiger partial charge is 0.483 e. The number of hydrogen-bond donors (Lipinski definition) is 0. The monoisotopic (exact) mass is 326 g/mol. The molecule has 0 amide bonds. The van der Waals surface area contributed by atoms with Crippen molar-refractivity contribution in [3.8, 4) is 5.75 Å². The first-order valence-corrected chi connectivity index (χ1v) is 6.95. The van der Waals surface area contributed by atoms with E-state index in [0.29, 0.717) is 10.9 Å². The van der Waals surface area contributed by atoms with Gasteiger partial charge in [0.15, 0.2) is 17.4 Å². The molecule has 0 saturated heterocycles. The first kappa shape index (κ1) is 14.0. The molecule has 0 N–H and O–H groups in total. The molecule has 0 fully saturated rings. The third-order valence-electron chi connectivity index (χ3n) is 2.85. The predicted molar refractivity (Wildman–Crippen MR) is 74.5 cm³/mol. The van der Waals surface area contributed by atoms with E-state index < -0.39 is 11.6 Å². The van der Waals surface area contributed by atoms with Crippen molar-refractivity contribution in [3.63, 3.8) is 0 Å². The van der Waals surface area contributed by atoms with Crippen LogP contribution in [0, 0.1) is 18.6 Å². The minimum Gasteiger partial charge on any atom is -0.483 e. The van der Waals surface area contributed by atoms with Crippen LogP contribution in [0.2, 0.25) is 0 Å². The van der Waals surface area contributed by atoms with Gasteiger partial charge in [-0.15, -0.1) is 0 Å². The second-order valence-electron chi connectivity index (χ2n) is 4.24. The normalized spacial score (nSPS) is 10.5. The molecule has 4 heteroatoms. The second-order valence-corrected chi connectivity index (χ2v) is 4.80. The highest BCUT2D eigenvalue weighted by atomic mass is 79.9. The van der Waals surface area contributed by atoms with Crippen LogP contribution in [0.4, 0.5) is 8.78 Å². The highest BCUT2D eigenvalue weighted by Crippen LogP contribution is 2.25. The average Bonchev–Trinajstić information content (AvgIpc) is 2.39. The van der Waals surface area contributed by atoms with E-state index in [4.69, 9.17) is 4.74 Å². The van der Waals surface area contributed by atoms with E-state index in [1.165, 1.54) is 12.1 Å². The number of halogens is 3. The van der Waals surface area contributed by atoms with E-state index in [9.17, 15) is 8.78 Å². The summed E-state index contributed by atoms with van der Waals surface area (Å²) in [6.07, 6.45) is 0. The van der Waals surface area contributed by atoms with Gasteiger partial charge in [0.25, 0.3) is 0 Å². The average molecular weight is 327 g/mol. The Labute approximate surface area is 119 Å². The maximum atomic E-state index is 13.7. The van der Waals surface area contributed by atoms with Gasteiger partial charge < -0.3 is 4.74 Å². The van der Waals surface area contributed by atoms with Gasteiger partial charge in [-0.3, -0.25) is 0 Å². The van der Waals surface area contributed by atoms with Gasteiger partial charge in [0.05, 0.1) is 0 Å². The summed E-state index contributed by atoms with van der Waals surface area (Å²) in [5, 5.41) is 0.402. The molecular weight excluding hydrogens is 314 g/mol. The van der Waals surface area contributed by atoms with Crippen molar-refractivity contribution < 1.29 is 13.5 Å². The Morgan fingerprint density at radius 3 is 2.32 bits per heavy atom. The second kappa shape index (κ2) is 6.15. The van der Waals surface area contributed by atoms with Crippen LogP contribution in [0.5, 0.6) is 5.75 Å². The van der Waals surface area contributed by atoms with Crippen molar-refractivity contribution in [2.75, 3.05) is 0 Å². The molecule has 0 aliphatic heterocycles. The van der Waals surface area contributed by atoms with Gasteiger partial charge in [0.2, 0.25) is 0 Å². The molecule has 0 saturated carbocycles. The Morgan fingerprint density at radius 1 is 1.11 bits per heavy atom. The van der Waals surface area contributed by atoms with E-state index in [2.05, 4.69) is 15.9 Å². The van der Waals surface area contributed by atoms with Gasteiger partial charge in [-0.05, 0) is 35.7 Å². The molecule has 0 atom stereocenters. The van der Waals surface area contributed by atoms with E-state index in [-0.39, 0.29) is 12.4 Å². The van der Waals surface area contributed by atoms with E-state index in [1.54, 1.807) is 0 Å². The third-order valence-corrected chi connectivity index (χ3v) is 3.49. The molecule has 2 aromatic rings. The van der Waals surface area contributed by atoms with Gasteiger partial charge in [0, 0.05) is 5.33 Å². The zero-order chi connectivity index (χ0) is 13.8. The number of ether oxygens (including phenoxy) is 1. The molecule has 0 aliphatic carbocycles. The molecule has 0 aromatic heterocycles. The maximum absolute atomic E-state index is 13.7. The van der Waals surface area contributed by atoms with Crippen LogP contribution in [0.3, 0.4) is 0 Å². The molecule has 0 unspecified atom stereocenters. The molecule has 2 rings (SSSR count). The SMILES string of the molecule is Cc1ccccc1COc1c(F)cc(CBr)cc1F. The molecule has 0 aliphatic rings. The maximum Gasteiger partial charge on any atom is 0.191 e. The summed E-state index contributed by atoms with van der Waals surface area (Å²) in [7, 11) is 0. The Balaban J connectivity index is 2.18. The Bertz CT molecular complexity index is 561. The smallest absolute Gasteiger partial charge is 0.191 e. The van der Waals surface area contributed by atoms with Gasteiger partial charge in [-0.1, -0.05) is 40.2 Å². The number of alkyl halides is 1. The number of rotatable bonds is 4. The van der Waals surface area contributed by atoms with Crippen molar-refractivity contribution in [1.29, 1.82) is 0 Å². The number of aryl methyl sites for hydroxylation is 1. The summed E-state index contributed by atoms with van der Waals surface area (Å²) in [5.41, 5.74) is 2.48. The zero-order valence-corrected chi connectivity index (χ0v) is 12.0. The van der Waals surface area contributed by atoms with Gasteiger partial charge >= 0.3 is 0 Å². The lowest BCUT2D eigenvalue weighted by molar-refractivity contribution is 0.273. The molecule has 0 bridgehead atoms. The summed E-state index contributed by atoms with van der Waals surface area (Å²) < 4.78 is 32.7. The summed E-state index contributed by atoms with van der Waals surface area (Å²) >= 11 is 3.16. The first-order valence-electron chi connectivity index (χ1n) is 5.83. The molecule has 19 heavy (non-hydrogen) atoms. The minimum atomic E-state index is -0.678. The minimum absolute atomic E-state index is 0.147. The topological polar surface area (TPSA) is 9.23 Å². The molecule has 100 valence electrons. The fourth-order valence-corrected chi connectivity index (χ4v) is 2.07. The van der Waals surface area contributed by atoms with Crippen molar-refractivity contribution in [2.24, 2.45) is 0 Å². The summed E-state index contributed by atoms with van der Waals surface area (Å²) in [4.78, 5) is 0. The van der Waals surface area contributed by atoms with E-state index >= 15 is 0 Å². The van der Waals surface area contributed by atoms with Gasteiger partial charge in [-0.25, -0.2) is 8.78 Å². The summed E-state index contributed by atoms with van der Waals surface area (Å²) in [5.74, 6) is -1.68. The Kier molecular flexibility index (Phi) is 4.53. The standard InChI is InChI=1S/C15H13BrF2O/c1-10-4-2-3-5-12(10)9-19-15-13(17)6-11(8-16)7-14(15)18/h2-7H,8-9H2,1H3.